The smallest absolute Gasteiger partial charge is 0.193 e. The molecule has 1 saturated heterocycles. The lowest BCUT2D eigenvalue weighted by Gasteiger charge is -2.27. The van der Waals surface area contributed by atoms with Crippen LogP contribution in [0.15, 0.2) is 29.8 Å². The molecule has 2 heterocycles. The van der Waals surface area contributed by atoms with E-state index in [-0.39, 0.29) is 26.6 Å². The summed E-state index contributed by atoms with van der Waals surface area (Å²) < 4.78 is 5.74. The minimum absolute atomic E-state index is 0.0389. The van der Waals surface area contributed by atoms with E-state index in [9.17, 15) is 4.79 Å². The van der Waals surface area contributed by atoms with Gasteiger partial charge in [0.1, 0.15) is 6.10 Å². The molecule has 1 aromatic rings. The lowest BCUT2D eigenvalue weighted by atomic mass is 9.94. The number of hydrogen-bond acceptors (Lipinski definition) is 2. The molecule has 0 spiro atoms. The standard InChI is InChI=1S/C15H10Br2O2/c16-14-6-15(14,17)13-11(18)10-8-4-2-1-3-7(8)5-9(10)12(14)19-13/h1-4,12-13H,5-6H2/t12-,13+,14+,15-/m1/s1. The van der Waals surface area contributed by atoms with Crippen LogP contribution in [0.5, 0.6) is 0 Å². The van der Waals surface area contributed by atoms with Crippen molar-refractivity contribution in [2.24, 2.45) is 0 Å². The van der Waals surface area contributed by atoms with Crippen LogP contribution in [0.3, 0.4) is 0 Å². The van der Waals surface area contributed by atoms with Gasteiger partial charge in [-0.05, 0) is 29.5 Å². The van der Waals surface area contributed by atoms with Crippen molar-refractivity contribution in [2.75, 3.05) is 0 Å². The van der Waals surface area contributed by atoms with Crippen LogP contribution in [0.25, 0.3) is 5.57 Å². The summed E-state index contributed by atoms with van der Waals surface area (Å²) in [6, 6.07) is 8.22. The van der Waals surface area contributed by atoms with Gasteiger partial charge in [-0.2, -0.15) is 0 Å². The molecule has 5 rings (SSSR count). The lowest BCUT2D eigenvalue weighted by Crippen LogP contribution is -2.36. The molecule has 96 valence electrons. The topological polar surface area (TPSA) is 26.3 Å². The fourth-order valence-electron chi connectivity index (χ4n) is 3.96. The van der Waals surface area contributed by atoms with Gasteiger partial charge in [-0.1, -0.05) is 56.1 Å². The first kappa shape index (κ1) is 11.2. The summed E-state index contributed by atoms with van der Waals surface area (Å²) in [6.07, 6.45) is 1.53. The van der Waals surface area contributed by atoms with E-state index in [1.807, 2.05) is 12.1 Å². The Morgan fingerprint density at radius 1 is 1.16 bits per heavy atom. The summed E-state index contributed by atoms with van der Waals surface area (Å²) in [5.41, 5.74) is 4.49. The average Bonchev–Trinajstić information content (AvgIpc) is 2.73. The molecule has 0 radical (unpaired) electrons. The van der Waals surface area contributed by atoms with Gasteiger partial charge in [-0.15, -0.1) is 0 Å². The van der Waals surface area contributed by atoms with Gasteiger partial charge < -0.3 is 4.74 Å². The van der Waals surface area contributed by atoms with Crippen LogP contribution >= 0.6 is 31.9 Å². The van der Waals surface area contributed by atoms with Gasteiger partial charge in [0.2, 0.25) is 0 Å². The first-order valence-corrected chi connectivity index (χ1v) is 8.04. The molecule has 19 heavy (non-hydrogen) atoms. The number of carbonyl (C=O) groups excluding carboxylic acids is 1. The Labute approximate surface area is 127 Å². The van der Waals surface area contributed by atoms with Crippen LogP contribution in [0.1, 0.15) is 17.5 Å². The zero-order valence-electron chi connectivity index (χ0n) is 9.95. The van der Waals surface area contributed by atoms with Crippen molar-refractivity contribution in [3.05, 3.63) is 41.0 Å². The molecular formula is C15H10Br2O2. The van der Waals surface area contributed by atoms with Crippen molar-refractivity contribution in [1.29, 1.82) is 0 Å². The fraction of sp³-hybridized carbons (Fsp3) is 0.400. The lowest BCUT2D eigenvalue weighted by molar-refractivity contribution is -0.126. The minimum Gasteiger partial charge on any atom is -0.359 e. The number of fused-ring (bicyclic) bond motifs is 8. The summed E-state index contributed by atoms with van der Waals surface area (Å²) in [6.45, 7) is 0. The van der Waals surface area contributed by atoms with E-state index in [4.69, 9.17) is 4.74 Å². The number of hydrogen-bond donors (Lipinski definition) is 0. The Kier molecular flexibility index (Phi) is 1.82. The zero-order chi connectivity index (χ0) is 13.0. The molecule has 4 aliphatic rings. The number of carbonyl (C=O) groups is 1. The van der Waals surface area contributed by atoms with Crippen molar-refractivity contribution < 1.29 is 9.53 Å². The number of ether oxygens (including phenoxy) is 1. The molecule has 1 aromatic carbocycles. The Hall–Kier alpha value is -0.450. The number of ketones is 1. The van der Waals surface area contributed by atoms with Gasteiger partial charge >= 0.3 is 0 Å². The van der Waals surface area contributed by atoms with Crippen LogP contribution in [0.2, 0.25) is 0 Å². The highest BCUT2D eigenvalue weighted by atomic mass is 79.9. The molecular weight excluding hydrogens is 372 g/mol. The van der Waals surface area contributed by atoms with Crippen molar-refractivity contribution in [3.8, 4) is 0 Å². The molecule has 0 N–H and O–H groups in total. The number of Topliss-reactive ketones (excluding diaryl/α,β-unsaturated/α-hetero) is 1. The first-order valence-electron chi connectivity index (χ1n) is 6.45. The molecule has 2 aliphatic heterocycles. The molecule has 0 unspecified atom stereocenters. The first-order chi connectivity index (χ1) is 9.06. The number of halogens is 2. The minimum atomic E-state index is -0.332. The summed E-state index contributed by atoms with van der Waals surface area (Å²) in [5, 5.41) is 0. The van der Waals surface area contributed by atoms with E-state index in [0.717, 1.165) is 24.0 Å². The van der Waals surface area contributed by atoms with Crippen LogP contribution in [-0.2, 0) is 16.0 Å². The molecule has 2 nitrogen and oxygen atoms in total. The number of rotatable bonds is 0. The second-order valence-electron chi connectivity index (χ2n) is 5.90. The monoisotopic (exact) mass is 380 g/mol. The second-order valence-corrected chi connectivity index (χ2v) is 8.73. The van der Waals surface area contributed by atoms with Gasteiger partial charge in [0.05, 0.1) is 14.8 Å². The number of benzene rings is 1. The molecule has 4 heteroatoms. The van der Waals surface area contributed by atoms with Crippen molar-refractivity contribution in [3.63, 3.8) is 0 Å². The number of alkyl halides is 2. The fourth-order valence-corrected chi connectivity index (χ4v) is 6.34. The third kappa shape index (κ3) is 1.05. The second kappa shape index (κ2) is 3.07. The Morgan fingerprint density at radius 2 is 1.89 bits per heavy atom. The molecule has 0 aromatic heterocycles. The van der Waals surface area contributed by atoms with Crippen molar-refractivity contribution >= 4 is 43.2 Å². The van der Waals surface area contributed by atoms with Gasteiger partial charge in [-0.25, -0.2) is 0 Å². The Morgan fingerprint density at radius 3 is 2.74 bits per heavy atom. The molecule has 0 amide bonds. The van der Waals surface area contributed by atoms with Crippen LogP contribution in [0.4, 0.5) is 0 Å². The Balaban J connectivity index is 1.76. The van der Waals surface area contributed by atoms with E-state index >= 15 is 0 Å². The van der Waals surface area contributed by atoms with Gasteiger partial charge in [-0.3, -0.25) is 4.79 Å². The van der Waals surface area contributed by atoms with Crippen molar-refractivity contribution in [2.45, 2.75) is 33.7 Å². The van der Waals surface area contributed by atoms with Gasteiger partial charge in [0.25, 0.3) is 0 Å². The maximum absolute atomic E-state index is 12.8. The van der Waals surface area contributed by atoms with Crippen LogP contribution in [0, 0.1) is 0 Å². The molecule has 1 saturated carbocycles. The van der Waals surface area contributed by atoms with Crippen LogP contribution < -0.4 is 0 Å². The van der Waals surface area contributed by atoms with E-state index in [1.54, 1.807) is 0 Å². The average molecular weight is 382 g/mol. The summed E-state index contributed by atoms with van der Waals surface area (Å²) >= 11 is 7.58. The molecule has 4 atom stereocenters. The summed E-state index contributed by atoms with van der Waals surface area (Å²) in [7, 11) is 0. The van der Waals surface area contributed by atoms with E-state index in [2.05, 4.69) is 44.0 Å². The largest absolute Gasteiger partial charge is 0.359 e. The SMILES string of the molecule is O=C1C2=C(Cc3ccccc32)[C@H]2O[C@@H]1[C@]1(Br)C[C@]21Br. The predicted molar refractivity (Wildman–Crippen MR) is 78.7 cm³/mol. The van der Waals surface area contributed by atoms with Crippen LogP contribution in [-0.4, -0.2) is 26.6 Å². The Bertz CT molecular complexity index is 695. The van der Waals surface area contributed by atoms with Gasteiger partial charge in [0, 0.05) is 5.57 Å². The maximum atomic E-state index is 12.8. The zero-order valence-corrected chi connectivity index (χ0v) is 13.1. The predicted octanol–water partition coefficient (Wildman–Crippen LogP) is 3.02. The highest BCUT2D eigenvalue weighted by Crippen LogP contribution is 2.73. The van der Waals surface area contributed by atoms with Gasteiger partial charge in [0.15, 0.2) is 5.78 Å². The quantitative estimate of drug-likeness (QED) is 0.645. The van der Waals surface area contributed by atoms with E-state index in [1.165, 1.54) is 11.1 Å². The molecule has 2 aliphatic carbocycles. The van der Waals surface area contributed by atoms with E-state index in [0.29, 0.717) is 0 Å². The normalized spacial score (nSPS) is 45.1. The summed E-state index contributed by atoms with van der Waals surface area (Å²) in [4.78, 5) is 12.8. The molecule has 2 fully saturated rings. The highest BCUT2D eigenvalue weighted by molar-refractivity contribution is 9.13. The molecule has 2 bridgehead atoms. The third-order valence-electron chi connectivity index (χ3n) is 4.97. The van der Waals surface area contributed by atoms with Crippen molar-refractivity contribution in [1.82, 2.24) is 0 Å². The maximum Gasteiger partial charge on any atom is 0.193 e. The highest BCUT2D eigenvalue weighted by Gasteiger charge is 2.81. The summed E-state index contributed by atoms with van der Waals surface area (Å²) in [5.74, 6) is 0.159. The van der Waals surface area contributed by atoms with E-state index < -0.39 is 0 Å². The third-order valence-corrected chi connectivity index (χ3v) is 8.31.